The minimum Gasteiger partial charge on any atom is -0.394 e. The van der Waals surface area contributed by atoms with Crippen molar-refractivity contribution in [3.8, 4) is 0 Å². The molecule has 0 saturated carbocycles. The molecule has 34 heavy (non-hydrogen) atoms. The zero-order valence-corrected chi connectivity index (χ0v) is 21.0. The van der Waals surface area contributed by atoms with Crippen LogP contribution in [0.3, 0.4) is 0 Å². The summed E-state index contributed by atoms with van der Waals surface area (Å²) in [7, 11) is -0.784. The highest BCUT2D eigenvalue weighted by molar-refractivity contribution is 7.89. The third kappa shape index (κ3) is 6.30. The van der Waals surface area contributed by atoms with Crippen LogP contribution in [0, 0.1) is 0 Å². The highest BCUT2D eigenvalue weighted by atomic mass is 32.2. The van der Waals surface area contributed by atoms with Crippen LogP contribution in [0.4, 0.5) is 0 Å². The Morgan fingerprint density at radius 3 is 1.91 bits per heavy atom. The molecule has 0 aromatic heterocycles. The van der Waals surface area contributed by atoms with Gasteiger partial charge in [0.15, 0.2) is 0 Å². The maximum absolute atomic E-state index is 12.9. The number of nitrogens with two attached hydrogens (primary N) is 1. The summed E-state index contributed by atoms with van der Waals surface area (Å²) in [5.74, 6) is -1.01. The summed E-state index contributed by atoms with van der Waals surface area (Å²) in [5.41, 5.74) is 13.4. The van der Waals surface area contributed by atoms with Gasteiger partial charge in [-0.3, -0.25) is 20.0 Å². The van der Waals surface area contributed by atoms with Gasteiger partial charge in [-0.2, -0.15) is 0 Å². The molecule has 0 unspecified atom stereocenters. The van der Waals surface area contributed by atoms with Crippen molar-refractivity contribution in [2.24, 2.45) is 10.7 Å². The number of sulfonamides is 1. The molecule has 0 saturated heterocycles. The van der Waals surface area contributed by atoms with Gasteiger partial charge in [0.2, 0.25) is 15.8 Å². The Balaban J connectivity index is 2.12. The van der Waals surface area contributed by atoms with Crippen molar-refractivity contribution in [1.82, 2.24) is 15.6 Å². The van der Waals surface area contributed by atoms with E-state index in [0.29, 0.717) is 5.56 Å². The number of nitrogens with zero attached hydrogens (tertiary/aromatic N) is 1. The minimum atomic E-state index is -3.60. The predicted molar refractivity (Wildman–Crippen MR) is 133 cm³/mol. The van der Waals surface area contributed by atoms with Crippen molar-refractivity contribution in [2.45, 2.75) is 38.0 Å². The molecule has 0 aliphatic heterocycles. The van der Waals surface area contributed by atoms with E-state index in [1.54, 1.807) is 6.92 Å². The van der Waals surface area contributed by atoms with E-state index >= 15 is 0 Å². The van der Waals surface area contributed by atoms with E-state index in [9.17, 15) is 18.0 Å². The van der Waals surface area contributed by atoms with Gasteiger partial charge >= 0.3 is 0 Å². The van der Waals surface area contributed by atoms with E-state index < -0.39 is 21.7 Å². The molecule has 0 heterocycles. The van der Waals surface area contributed by atoms with Crippen molar-refractivity contribution in [1.29, 1.82) is 0 Å². The number of allylic oxidation sites excluding steroid dienone is 2. The summed E-state index contributed by atoms with van der Waals surface area (Å²) in [5, 5.41) is 0. The van der Waals surface area contributed by atoms with Crippen LogP contribution >= 0.6 is 0 Å². The maximum atomic E-state index is 12.9. The lowest BCUT2D eigenvalue weighted by Crippen LogP contribution is -2.38. The van der Waals surface area contributed by atoms with Crippen LogP contribution in [-0.4, -0.2) is 39.9 Å². The molecule has 0 bridgehead atoms. The van der Waals surface area contributed by atoms with Crippen molar-refractivity contribution in [3.63, 3.8) is 0 Å². The first-order valence-corrected chi connectivity index (χ1v) is 12.0. The van der Waals surface area contributed by atoms with Gasteiger partial charge < -0.3 is 11.2 Å². The van der Waals surface area contributed by atoms with Crippen molar-refractivity contribution >= 4 is 27.4 Å². The zero-order chi connectivity index (χ0) is 25.7. The molecule has 0 fully saturated rings. The van der Waals surface area contributed by atoms with Gasteiger partial charge in [0.25, 0.3) is 5.91 Å². The summed E-state index contributed by atoms with van der Waals surface area (Å²) in [6, 6.07) is 12.9. The van der Waals surface area contributed by atoms with Crippen molar-refractivity contribution in [3.05, 3.63) is 76.6 Å². The average Bonchev–Trinajstić information content (AvgIpc) is 2.82. The fourth-order valence-corrected chi connectivity index (χ4v) is 3.71. The summed E-state index contributed by atoms with van der Waals surface area (Å²) in [6.07, 6.45) is 0. The van der Waals surface area contributed by atoms with Crippen molar-refractivity contribution in [2.75, 3.05) is 14.1 Å². The molecule has 0 atom stereocenters. The molecule has 9 nitrogen and oxygen atoms in total. The first-order valence-electron chi connectivity index (χ1n) is 10.5. The Kier molecular flexibility index (Phi) is 8.36. The number of ketones is 1. The van der Waals surface area contributed by atoms with E-state index in [4.69, 9.17) is 5.73 Å². The van der Waals surface area contributed by atoms with Gasteiger partial charge in [-0.1, -0.05) is 45.0 Å². The Bertz CT molecular complexity index is 1220. The zero-order valence-electron chi connectivity index (χ0n) is 20.2. The van der Waals surface area contributed by atoms with Gasteiger partial charge in [0.1, 0.15) is 11.4 Å². The molecule has 10 heteroatoms. The van der Waals surface area contributed by atoms with Gasteiger partial charge in [-0.25, -0.2) is 13.1 Å². The Labute approximate surface area is 200 Å². The van der Waals surface area contributed by atoms with Gasteiger partial charge in [0.05, 0.1) is 10.6 Å². The second-order valence-corrected chi connectivity index (χ2v) is 10.5. The third-order valence-corrected chi connectivity index (χ3v) is 6.60. The molecule has 0 aliphatic rings. The van der Waals surface area contributed by atoms with E-state index in [2.05, 4.69) is 41.3 Å². The highest BCUT2D eigenvalue weighted by Gasteiger charge is 2.20. The monoisotopic (exact) mass is 485 g/mol. The molecular weight excluding hydrogens is 454 g/mol. The number of Topliss-reactive ketones (excluding diaryl/α,β-unsaturated/α-hetero) is 1. The number of amides is 1. The smallest absolute Gasteiger partial charge is 0.269 e. The van der Waals surface area contributed by atoms with Crippen molar-refractivity contribution < 1.29 is 18.0 Å². The third-order valence-electron chi connectivity index (χ3n) is 5.17. The number of carbonyl (C=O) groups is 2. The molecule has 0 spiro atoms. The van der Waals surface area contributed by atoms with Crippen LogP contribution in [0.2, 0.25) is 0 Å². The molecule has 182 valence electrons. The number of benzene rings is 2. The SMILES string of the molecule is CN=C(C(=O)C(N)=C(C)NNC(=O)c1ccc(S(=O)(=O)NC)cc1)c1ccc(C(C)(C)C)cc1. The average molecular weight is 486 g/mol. The largest absolute Gasteiger partial charge is 0.394 e. The number of carbonyl (C=O) groups excluding carboxylic acids is 2. The quantitative estimate of drug-likeness (QED) is 0.256. The summed E-state index contributed by atoms with van der Waals surface area (Å²) in [6.45, 7) is 7.85. The summed E-state index contributed by atoms with van der Waals surface area (Å²) >= 11 is 0. The minimum absolute atomic E-state index is 0.0226. The first-order chi connectivity index (χ1) is 15.8. The van der Waals surface area contributed by atoms with Gasteiger partial charge in [-0.05, 0) is 49.2 Å². The van der Waals surface area contributed by atoms with Crippen LogP contribution in [0.1, 0.15) is 49.2 Å². The molecular formula is C24H31N5O4S. The topological polar surface area (TPSA) is 143 Å². The van der Waals surface area contributed by atoms with Crippen LogP contribution < -0.4 is 21.3 Å². The lowest BCUT2D eigenvalue weighted by molar-refractivity contribution is -0.109. The van der Waals surface area contributed by atoms with E-state index in [-0.39, 0.29) is 33.0 Å². The van der Waals surface area contributed by atoms with E-state index in [1.807, 2.05) is 24.3 Å². The Morgan fingerprint density at radius 2 is 1.44 bits per heavy atom. The molecule has 1 amide bonds. The number of hydrogen-bond acceptors (Lipinski definition) is 7. The number of nitrogens with one attached hydrogen (secondary N) is 3. The Morgan fingerprint density at radius 1 is 0.912 bits per heavy atom. The van der Waals surface area contributed by atoms with Gasteiger partial charge in [0, 0.05) is 18.2 Å². The predicted octanol–water partition coefficient (Wildman–Crippen LogP) is 2.01. The molecule has 2 rings (SSSR count). The Hall–Kier alpha value is -3.50. The molecule has 0 aliphatic carbocycles. The lowest BCUT2D eigenvalue weighted by atomic mass is 9.86. The molecule has 2 aromatic rings. The van der Waals surface area contributed by atoms with Crippen LogP contribution in [-0.2, 0) is 20.2 Å². The number of hydrazine groups is 1. The second-order valence-electron chi connectivity index (χ2n) is 8.58. The normalized spacial score (nSPS) is 13.2. The first kappa shape index (κ1) is 26.7. The van der Waals surface area contributed by atoms with E-state index in [1.165, 1.54) is 38.4 Å². The molecule has 0 radical (unpaired) electrons. The maximum Gasteiger partial charge on any atom is 0.269 e. The highest BCUT2D eigenvalue weighted by Crippen LogP contribution is 2.22. The molecule has 5 N–H and O–H groups in total. The van der Waals surface area contributed by atoms with Crippen LogP contribution in [0.5, 0.6) is 0 Å². The fraction of sp³-hybridized carbons (Fsp3) is 0.292. The van der Waals surface area contributed by atoms with E-state index in [0.717, 1.165) is 5.56 Å². The summed E-state index contributed by atoms with van der Waals surface area (Å²) in [4.78, 5) is 29.5. The molecule has 2 aromatic carbocycles. The van der Waals surface area contributed by atoms with Crippen LogP contribution in [0.25, 0.3) is 0 Å². The second kappa shape index (κ2) is 10.6. The summed E-state index contributed by atoms with van der Waals surface area (Å²) < 4.78 is 25.8. The van der Waals surface area contributed by atoms with Crippen LogP contribution in [0.15, 0.2) is 69.8 Å². The number of aliphatic imine (C=N–C) groups is 1. The standard InChI is InChI=1S/C24H31N5O4S/c1-15(28-29-23(31)17-9-13-19(14-10-17)34(32,33)27-6)20(25)22(30)21(26-5)16-7-11-18(12-8-16)24(2,3)4/h7-14,27-28H,25H2,1-6H3,(H,29,31). The van der Waals surface area contributed by atoms with Gasteiger partial charge in [-0.15, -0.1) is 0 Å². The fourth-order valence-electron chi connectivity index (χ4n) is 2.98. The number of rotatable bonds is 8. The number of hydrogen-bond donors (Lipinski definition) is 4. The lowest BCUT2D eigenvalue weighted by Gasteiger charge is -2.19.